The fraction of sp³-hybridized carbons (Fsp3) is 0.696. The van der Waals surface area contributed by atoms with E-state index in [1.165, 1.54) is 5.56 Å². The van der Waals surface area contributed by atoms with E-state index in [0.717, 1.165) is 38.6 Å². The number of hydrogen-bond acceptors (Lipinski definition) is 3. The molecule has 29 heavy (non-hydrogen) atoms. The molecule has 1 atom stereocenters. The average molecular weight is 442 g/mol. The maximum atomic E-state index is 12.6. The van der Waals surface area contributed by atoms with Crippen LogP contribution in [0.1, 0.15) is 65.4 Å². The molecule has 0 N–H and O–H groups in total. The zero-order valence-corrected chi connectivity index (χ0v) is 19.7. The third-order valence-electron chi connectivity index (χ3n) is 6.81. The number of carbonyl (C=O) groups is 1. The Kier molecular flexibility index (Phi) is 6.48. The van der Waals surface area contributed by atoms with Crippen molar-refractivity contribution in [2.75, 3.05) is 20.2 Å². The van der Waals surface area contributed by atoms with Crippen molar-refractivity contribution in [3.63, 3.8) is 0 Å². The molecule has 0 unspecified atom stereocenters. The number of halogens is 2. The van der Waals surface area contributed by atoms with E-state index in [0.29, 0.717) is 22.5 Å². The molecule has 0 spiro atoms. The monoisotopic (exact) mass is 441 g/mol. The molecule has 1 aliphatic heterocycles. The van der Waals surface area contributed by atoms with Crippen LogP contribution in [-0.4, -0.2) is 42.4 Å². The zero-order chi connectivity index (χ0) is 21.4. The lowest BCUT2D eigenvalue weighted by Gasteiger charge is -2.48. The minimum Gasteiger partial charge on any atom is -0.444 e. The first kappa shape index (κ1) is 22.7. The number of ether oxygens (including phenoxy) is 2. The van der Waals surface area contributed by atoms with Gasteiger partial charge in [0.05, 0.1) is 15.6 Å². The Morgan fingerprint density at radius 3 is 2.34 bits per heavy atom. The largest absolute Gasteiger partial charge is 0.444 e. The van der Waals surface area contributed by atoms with Crippen molar-refractivity contribution in [3.8, 4) is 0 Å². The van der Waals surface area contributed by atoms with Crippen molar-refractivity contribution in [3.05, 3.63) is 33.8 Å². The first-order valence-corrected chi connectivity index (χ1v) is 11.2. The van der Waals surface area contributed by atoms with Gasteiger partial charge in [0.25, 0.3) is 0 Å². The molecule has 1 amide bonds. The Labute approximate surface area is 184 Å². The van der Waals surface area contributed by atoms with E-state index < -0.39 is 5.60 Å². The van der Waals surface area contributed by atoms with Crippen LogP contribution in [0.3, 0.4) is 0 Å². The molecule has 1 aliphatic carbocycles. The lowest BCUT2D eigenvalue weighted by Crippen LogP contribution is -2.46. The molecule has 4 nitrogen and oxygen atoms in total. The van der Waals surface area contributed by atoms with Crippen LogP contribution in [-0.2, 0) is 14.9 Å². The first-order valence-electron chi connectivity index (χ1n) is 10.5. The molecule has 1 aromatic rings. The average Bonchev–Trinajstić information content (AvgIpc) is 3.14. The summed E-state index contributed by atoms with van der Waals surface area (Å²) in [4.78, 5) is 14.5. The van der Waals surface area contributed by atoms with E-state index in [-0.39, 0.29) is 17.1 Å². The van der Waals surface area contributed by atoms with Crippen molar-refractivity contribution >= 4 is 29.3 Å². The molecule has 0 bridgehead atoms. The zero-order valence-electron chi connectivity index (χ0n) is 18.2. The van der Waals surface area contributed by atoms with Gasteiger partial charge in [-0.15, -0.1) is 0 Å². The summed E-state index contributed by atoms with van der Waals surface area (Å²) in [5.41, 5.74) is 0.606. The van der Waals surface area contributed by atoms with Gasteiger partial charge < -0.3 is 14.4 Å². The van der Waals surface area contributed by atoms with Gasteiger partial charge >= 0.3 is 6.09 Å². The summed E-state index contributed by atoms with van der Waals surface area (Å²) in [5, 5.41) is 1.16. The molecule has 6 heteroatoms. The molecule has 1 heterocycles. The van der Waals surface area contributed by atoms with E-state index >= 15 is 0 Å². The second-order valence-corrected chi connectivity index (χ2v) is 10.7. The highest BCUT2D eigenvalue weighted by atomic mass is 35.5. The van der Waals surface area contributed by atoms with Gasteiger partial charge in [0, 0.05) is 25.6 Å². The molecule has 162 valence electrons. The highest BCUT2D eigenvalue weighted by Gasteiger charge is 2.49. The summed E-state index contributed by atoms with van der Waals surface area (Å²) >= 11 is 12.6. The summed E-state index contributed by atoms with van der Waals surface area (Å²) in [7, 11) is 1.80. The normalized spacial score (nSPS) is 30.4. The highest BCUT2D eigenvalue weighted by molar-refractivity contribution is 6.42. The van der Waals surface area contributed by atoms with Crippen molar-refractivity contribution in [2.24, 2.45) is 5.92 Å². The molecule has 2 fully saturated rings. The van der Waals surface area contributed by atoms with Gasteiger partial charge in [-0.25, -0.2) is 4.79 Å². The second kappa shape index (κ2) is 8.28. The summed E-state index contributed by atoms with van der Waals surface area (Å²) in [6.07, 6.45) is 4.70. The van der Waals surface area contributed by atoms with Crippen molar-refractivity contribution in [1.29, 1.82) is 0 Å². The van der Waals surface area contributed by atoms with Crippen LogP contribution in [0.2, 0.25) is 10.0 Å². The van der Waals surface area contributed by atoms with Crippen molar-refractivity contribution < 1.29 is 14.3 Å². The van der Waals surface area contributed by atoms with Crippen LogP contribution in [0.4, 0.5) is 4.79 Å². The number of rotatable bonds is 3. The third-order valence-corrected chi connectivity index (χ3v) is 7.55. The number of likely N-dealkylation sites (tertiary alicyclic amines) is 1. The standard InChI is InChI=1S/C23H33Cl2NO3/c1-21(2,3)29-20(27)26-13-8-17(15-26)23(11-9-22(4,28-5)10-12-23)16-6-7-18(24)19(25)14-16/h6-7,14,17H,8-13,15H2,1-5H3/t17-,22-,23-/m1/s1. The van der Waals surface area contributed by atoms with Crippen LogP contribution < -0.4 is 0 Å². The van der Waals surface area contributed by atoms with Gasteiger partial charge in [-0.2, -0.15) is 0 Å². The lowest BCUT2D eigenvalue weighted by atomic mass is 9.59. The smallest absolute Gasteiger partial charge is 0.410 e. The fourth-order valence-electron chi connectivity index (χ4n) is 4.87. The number of nitrogens with zero attached hydrogens (tertiary/aromatic N) is 1. The molecule has 1 saturated carbocycles. The van der Waals surface area contributed by atoms with Crippen LogP contribution in [0, 0.1) is 5.92 Å². The Balaban J connectivity index is 1.87. The van der Waals surface area contributed by atoms with E-state index in [9.17, 15) is 4.79 Å². The SMILES string of the molecule is CO[C@]1(C)CC[C@@](c2ccc(Cl)c(Cl)c2)([C@@H]2CCN(C(=O)OC(C)(C)C)C2)CC1. The van der Waals surface area contributed by atoms with Crippen LogP contribution in [0.5, 0.6) is 0 Å². The summed E-state index contributed by atoms with van der Waals surface area (Å²) in [6.45, 7) is 9.34. The van der Waals surface area contributed by atoms with Gasteiger partial charge in [-0.1, -0.05) is 29.3 Å². The highest BCUT2D eigenvalue weighted by Crippen LogP contribution is 2.52. The molecule has 3 rings (SSSR count). The van der Waals surface area contributed by atoms with Crippen LogP contribution in [0.25, 0.3) is 0 Å². The molecule has 0 aromatic heterocycles. The molecule has 1 saturated heterocycles. The Morgan fingerprint density at radius 1 is 1.14 bits per heavy atom. The lowest BCUT2D eigenvalue weighted by molar-refractivity contribution is -0.0474. The second-order valence-electron chi connectivity index (χ2n) is 9.85. The van der Waals surface area contributed by atoms with E-state index in [4.69, 9.17) is 32.7 Å². The van der Waals surface area contributed by atoms with E-state index in [1.807, 2.05) is 37.8 Å². The molecule has 1 aromatic carbocycles. The predicted octanol–water partition coefficient (Wildman–Crippen LogP) is 6.47. The number of amides is 1. The topological polar surface area (TPSA) is 38.8 Å². The number of hydrogen-bond donors (Lipinski definition) is 0. The fourth-order valence-corrected chi connectivity index (χ4v) is 5.17. The maximum Gasteiger partial charge on any atom is 0.410 e. The number of carbonyl (C=O) groups excluding carboxylic acids is 1. The minimum absolute atomic E-state index is 0.0387. The summed E-state index contributed by atoms with van der Waals surface area (Å²) in [5.74, 6) is 0.355. The summed E-state index contributed by atoms with van der Waals surface area (Å²) < 4.78 is 11.4. The Morgan fingerprint density at radius 2 is 1.79 bits per heavy atom. The number of methoxy groups -OCH3 is 1. The van der Waals surface area contributed by atoms with Gasteiger partial charge in [0.15, 0.2) is 0 Å². The minimum atomic E-state index is -0.484. The van der Waals surface area contributed by atoms with Crippen molar-refractivity contribution in [2.45, 2.75) is 76.4 Å². The molecule has 0 radical (unpaired) electrons. The van der Waals surface area contributed by atoms with Crippen LogP contribution in [0.15, 0.2) is 18.2 Å². The Hall–Kier alpha value is -0.970. The molecular weight excluding hydrogens is 409 g/mol. The van der Waals surface area contributed by atoms with Gasteiger partial charge in [0.2, 0.25) is 0 Å². The predicted molar refractivity (Wildman–Crippen MR) is 118 cm³/mol. The van der Waals surface area contributed by atoms with E-state index in [2.05, 4.69) is 13.0 Å². The molecular formula is C23H33Cl2NO3. The van der Waals surface area contributed by atoms with Gasteiger partial charge in [-0.05, 0) is 83.4 Å². The molecule has 2 aliphatic rings. The van der Waals surface area contributed by atoms with Crippen molar-refractivity contribution in [1.82, 2.24) is 4.90 Å². The number of benzene rings is 1. The van der Waals surface area contributed by atoms with Crippen LogP contribution >= 0.6 is 23.2 Å². The quantitative estimate of drug-likeness (QED) is 0.539. The maximum absolute atomic E-state index is 12.6. The summed E-state index contributed by atoms with van der Waals surface area (Å²) in [6, 6.07) is 6.03. The Bertz CT molecular complexity index is 751. The van der Waals surface area contributed by atoms with Gasteiger partial charge in [0.1, 0.15) is 5.60 Å². The third kappa shape index (κ3) is 4.86. The van der Waals surface area contributed by atoms with Gasteiger partial charge in [-0.3, -0.25) is 0 Å². The van der Waals surface area contributed by atoms with E-state index in [1.54, 1.807) is 7.11 Å². The first-order chi connectivity index (χ1) is 13.5.